The number of Topliss-reactive ketones (excluding diaryl/α,β-unsaturated/α-hetero) is 2. The lowest BCUT2D eigenvalue weighted by molar-refractivity contribution is -0.128. The number of carbonyl (C=O) groups excluding carboxylic acids is 4. The van der Waals surface area contributed by atoms with Gasteiger partial charge in [-0.05, 0) is 26.0 Å². The summed E-state index contributed by atoms with van der Waals surface area (Å²) in [6.07, 6.45) is 0. The highest BCUT2D eigenvalue weighted by Crippen LogP contribution is 2.24. The predicted molar refractivity (Wildman–Crippen MR) is 130 cm³/mol. The normalized spacial score (nSPS) is 11.1. The van der Waals surface area contributed by atoms with Crippen molar-refractivity contribution in [2.45, 2.75) is 13.8 Å². The molecular formula is C26H26N4O4. The van der Waals surface area contributed by atoms with E-state index in [2.05, 4.69) is 9.97 Å². The van der Waals surface area contributed by atoms with Crippen LogP contribution < -0.4 is 0 Å². The Morgan fingerprint density at radius 2 is 1.00 bits per heavy atom. The van der Waals surface area contributed by atoms with Crippen LogP contribution in [0, 0.1) is 13.8 Å². The van der Waals surface area contributed by atoms with Crippen LogP contribution in [0.25, 0.3) is 21.8 Å². The van der Waals surface area contributed by atoms with Gasteiger partial charge in [0.2, 0.25) is 0 Å². The molecule has 0 atom stereocenters. The molecule has 34 heavy (non-hydrogen) atoms. The Morgan fingerprint density at radius 3 is 1.38 bits per heavy atom. The highest BCUT2D eigenvalue weighted by atomic mass is 16.2. The molecule has 0 bridgehead atoms. The molecule has 0 aliphatic carbocycles. The standard InChI is InChI=1S/C26H26N4O4/c1-15-21(17-9-5-7-11-19(17)27-15)23(31)25(33)29(3)13-14-30(4)26(34)24(32)22-16(2)28-20-12-8-6-10-18(20)22/h5-12,27-28H,13-14H2,1-4H3. The maximum atomic E-state index is 12.9. The molecule has 4 rings (SSSR count). The van der Waals surface area contributed by atoms with Crippen LogP contribution in [0.4, 0.5) is 0 Å². The van der Waals surface area contributed by atoms with Crippen LogP contribution in [-0.4, -0.2) is 70.3 Å². The quantitative estimate of drug-likeness (QED) is 0.327. The largest absolute Gasteiger partial charge is 0.358 e. The lowest BCUT2D eigenvalue weighted by Gasteiger charge is -2.21. The summed E-state index contributed by atoms with van der Waals surface area (Å²) in [7, 11) is 3.02. The van der Waals surface area contributed by atoms with Gasteiger partial charge in [-0.2, -0.15) is 0 Å². The molecule has 8 heteroatoms. The van der Waals surface area contributed by atoms with E-state index in [0.717, 1.165) is 11.0 Å². The molecule has 8 nitrogen and oxygen atoms in total. The van der Waals surface area contributed by atoms with E-state index < -0.39 is 23.4 Å². The number of likely N-dealkylation sites (N-methyl/N-ethyl adjacent to an activating group) is 2. The van der Waals surface area contributed by atoms with Gasteiger partial charge in [-0.15, -0.1) is 0 Å². The third kappa shape index (κ3) is 3.98. The van der Waals surface area contributed by atoms with Crippen LogP contribution in [0.3, 0.4) is 0 Å². The van der Waals surface area contributed by atoms with E-state index in [-0.39, 0.29) is 13.1 Å². The average Bonchev–Trinajstić information content (AvgIpc) is 3.35. The van der Waals surface area contributed by atoms with Gasteiger partial charge in [0.15, 0.2) is 0 Å². The van der Waals surface area contributed by atoms with E-state index in [1.165, 1.54) is 23.9 Å². The van der Waals surface area contributed by atoms with Gasteiger partial charge in [0.25, 0.3) is 23.4 Å². The van der Waals surface area contributed by atoms with Crippen LogP contribution in [0.2, 0.25) is 0 Å². The second kappa shape index (κ2) is 8.97. The van der Waals surface area contributed by atoms with Crippen molar-refractivity contribution in [3.63, 3.8) is 0 Å². The Morgan fingerprint density at radius 1 is 0.647 bits per heavy atom. The van der Waals surface area contributed by atoms with E-state index in [1.54, 1.807) is 26.0 Å². The minimum atomic E-state index is -0.674. The van der Waals surface area contributed by atoms with Crippen molar-refractivity contribution in [2.24, 2.45) is 0 Å². The zero-order chi connectivity index (χ0) is 24.6. The van der Waals surface area contributed by atoms with Crippen molar-refractivity contribution in [3.05, 3.63) is 71.0 Å². The molecule has 2 aromatic carbocycles. The molecule has 2 aromatic heterocycles. The number of para-hydroxylation sites is 2. The zero-order valence-electron chi connectivity index (χ0n) is 19.6. The summed E-state index contributed by atoms with van der Waals surface area (Å²) in [5.74, 6) is -2.58. The minimum Gasteiger partial charge on any atom is -0.358 e. The lowest BCUT2D eigenvalue weighted by atomic mass is 10.1. The summed E-state index contributed by atoms with van der Waals surface area (Å²) in [6.45, 7) is 3.72. The van der Waals surface area contributed by atoms with Crippen LogP contribution in [-0.2, 0) is 9.59 Å². The first-order valence-electron chi connectivity index (χ1n) is 10.9. The third-order valence-electron chi connectivity index (χ3n) is 6.09. The molecule has 4 aromatic rings. The van der Waals surface area contributed by atoms with Crippen LogP contribution in [0.15, 0.2) is 48.5 Å². The number of amides is 2. The number of aryl methyl sites for hydroxylation is 2. The van der Waals surface area contributed by atoms with Gasteiger partial charge < -0.3 is 19.8 Å². The Kier molecular flexibility index (Phi) is 6.06. The fourth-order valence-corrected chi connectivity index (χ4v) is 4.20. The van der Waals surface area contributed by atoms with Gasteiger partial charge >= 0.3 is 0 Å². The maximum absolute atomic E-state index is 12.9. The van der Waals surface area contributed by atoms with Crippen LogP contribution in [0.1, 0.15) is 32.1 Å². The molecule has 2 amide bonds. The molecule has 0 fully saturated rings. The van der Waals surface area contributed by atoms with E-state index in [0.29, 0.717) is 33.3 Å². The second-order valence-electron chi connectivity index (χ2n) is 8.45. The number of aromatic amines is 2. The number of benzene rings is 2. The molecule has 174 valence electrons. The van der Waals surface area contributed by atoms with Crippen LogP contribution in [0.5, 0.6) is 0 Å². The molecule has 0 radical (unpaired) electrons. The average molecular weight is 459 g/mol. The fraction of sp³-hybridized carbons (Fsp3) is 0.231. The highest BCUT2D eigenvalue weighted by Gasteiger charge is 2.28. The third-order valence-corrected chi connectivity index (χ3v) is 6.09. The predicted octanol–water partition coefficient (Wildman–Crippen LogP) is 3.25. The number of fused-ring (bicyclic) bond motifs is 2. The minimum absolute atomic E-state index is 0.106. The zero-order valence-corrected chi connectivity index (χ0v) is 19.6. The van der Waals surface area contributed by atoms with Gasteiger partial charge in [0.1, 0.15) is 0 Å². The van der Waals surface area contributed by atoms with E-state index >= 15 is 0 Å². The van der Waals surface area contributed by atoms with Gasteiger partial charge in [0.05, 0.1) is 11.1 Å². The van der Waals surface area contributed by atoms with Crippen LogP contribution >= 0.6 is 0 Å². The number of aromatic nitrogens is 2. The number of hydrogen-bond acceptors (Lipinski definition) is 4. The Balaban J connectivity index is 1.43. The molecule has 0 saturated heterocycles. The summed E-state index contributed by atoms with van der Waals surface area (Å²) < 4.78 is 0. The van der Waals surface area contributed by atoms with E-state index in [9.17, 15) is 19.2 Å². The molecule has 0 aliphatic heterocycles. The Hall–Kier alpha value is -4.20. The molecule has 0 spiro atoms. The number of nitrogens with zero attached hydrogens (tertiary/aromatic N) is 2. The molecule has 0 unspecified atom stereocenters. The van der Waals surface area contributed by atoms with Gasteiger partial charge in [-0.25, -0.2) is 0 Å². The first kappa shape index (κ1) is 23.0. The number of ketones is 2. The number of rotatable bonds is 7. The van der Waals surface area contributed by atoms with Crippen molar-refractivity contribution in [2.75, 3.05) is 27.2 Å². The fourth-order valence-electron chi connectivity index (χ4n) is 4.20. The van der Waals surface area contributed by atoms with E-state index in [1.807, 2.05) is 36.4 Å². The number of H-pyrrole nitrogens is 2. The van der Waals surface area contributed by atoms with Crippen molar-refractivity contribution < 1.29 is 19.2 Å². The number of hydrogen-bond donors (Lipinski definition) is 2. The van der Waals surface area contributed by atoms with E-state index in [4.69, 9.17) is 0 Å². The molecule has 0 saturated carbocycles. The Labute approximate surface area is 196 Å². The summed E-state index contributed by atoms with van der Waals surface area (Å²) in [5, 5.41) is 1.39. The maximum Gasteiger partial charge on any atom is 0.294 e. The van der Waals surface area contributed by atoms with Gasteiger partial charge in [-0.1, -0.05) is 36.4 Å². The molecule has 2 N–H and O–H groups in total. The first-order valence-corrected chi connectivity index (χ1v) is 10.9. The lowest BCUT2D eigenvalue weighted by Crippen LogP contribution is -2.42. The second-order valence-corrected chi connectivity index (χ2v) is 8.45. The summed E-state index contributed by atoms with van der Waals surface area (Å²) >= 11 is 0. The smallest absolute Gasteiger partial charge is 0.294 e. The van der Waals surface area contributed by atoms with Crippen molar-refractivity contribution in [1.82, 2.24) is 19.8 Å². The number of nitrogens with one attached hydrogen (secondary N) is 2. The topological polar surface area (TPSA) is 106 Å². The molecular weight excluding hydrogens is 432 g/mol. The summed E-state index contributed by atoms with van der Waals surface area (Å²) in [4.78, 5) is 60.3. The van der Waals surface area contributed by atoms with Crippen molar-refractivity contribution in [1.29, 1.82) is 0 Å². The van der Waals surface area contributed by atoms with Crippen molar-refractivity contribution >= 4 is 45.2 Å². The van der Waals surface area contributed by atoms with Gasteiger partial charge in [-0.3, -0.25) is 19.2 Å². The molecule has 0 aliphatic rings. The monoisotopic (exact) mass is 458 g/mol. The highest BCUT2D eigenvalue weighted by molar-refractivity contribution is 6.46. The van der Waals surface area contributed by atoms with Crippen molar-refractivity contribution in [3.8, 4) is 0 Å². The van der Waals surface area contributed by atoms with Gasteiger partial charge in [0, 0.05) is 60.4 Å². The SMILES string of the molecule is Cc1[nH]c2ccccc2c1C(=O)C(=O)N(C)CCN(C)C(=O)C(=O)c1c(C)[nH]c2ccccc12. The summed E-state index contributed by atoms with van der Waals surface area (Å²) in [5.41, 5.74) is 3.52. The Bertz CT molecular complexity index is 1340. The summed E-state index contributed by atoms with van der Waals surface area (Å²) in [6, 6.07) is 14.6. The first-order chi connectivity index (χ1) is 16.2. The molecule has 2 heterocycles. The number of carbonyl (C=O) groups is 4.